The fourth-order valence-corrected chi connectivity index (χ4v) is 6.12. The standard InChI is InChI=1S/C23H29N3O3S/c27-23(17-25-11-13-26(14-12-25)21-10-15-30(28,29)18-21)24-22-9-5-4-8-20(22)16-19-6-2-1-3-7-19/h1-9,21H,10-18H2,(H,24,27)/t21-/m0/s1. The van der Waals surface area contributed by atoms with Crippen LogP contribution in [0.25, 0.3) is 0 Å². The summed E-state index contributed by atoms with van der Waals surface area (Å²) in [5.74, 6) is 0.585. The van der Waals surface area contributed by atoms with E-state index in [-0.39, 0.29) is 17.7 Å². The lowest BCUT2D eigenvalue weighted by atomic mass is 10.0. The van der Waals surface area contributed by atoms with E-state index in [0.717, 1.165) is 50.3 Å². The number of sulfone groups is 1. The molecule has 4 rings (SSSR count). The van der Waals surface area contributed by atoms with Crippen LogP contribution >= 0.6 is 0 Å². The molecule has 7 heteroatoms. The maximum absolute atomic E-state index is 12.7. The number of nitrogens with one attached hydrogen (secondary N) is 1. The predicted molar refractivity (Wildman–Crippen MR) is 119 cm³/mol. The number of hydrogen-bond donors (Lipinski definition) is 1. The average molecular weight is 428 g/mol. The summed E-state index contributed by atoms with van der Waals surface area (Å²) < 4.78 is 23.4. The molecule has 2 aliphatic heterocycles. The van der Waals surface area contributed by atoms with Gasteiger partial charge in [0.2, 0.25) is 5.91 Å². The smallest absolute Gasteiger partial charge is 0.238 e. The van der Waals surface area contributed by atoms with Crippen molar-refractivity contribution in [1.29, 1.82) is 0 Å². The molecule has 2 heterocycles. The van der Waals surface area contributed by atoms with Crippen molar-refractivity contribution in [2.24, 2.45) is 0 Å². The zero-order chi connectivity index (χ0) is 21.0. The first kappa shape index (κ1) is 21.0. The van der Waals surface area contributed by atoms with Crippen LogP contribution in [0.1, 0.15) is 17.5 Å². The second-order valence-corrected chi connectivity index (χ2v) is 10.5. The Morgan fingerprint density at radius 1 is 0.967 bits per heavy atom. The number of nitrogens with zero attached hydrogens (tertiary/aromatic N) is 2. The third kappa shape index (κ3) is 5.47. The van der Waals surface area contributed by atoms with Crippen molar-refractivity contribution in [3.8, 4) is 0 Å². The van der Waals surface area contributed by atoms with E-state index in [0.29, 0.717) is 12.3 Å². The Morgan fingerprint density at radius 3 is 2.37 bits per heavy atom. The molecule has 0 radical (unpaired) electrons. The Bertz CT molecular complexity index is 970. The molecule has 1 atom stereocenters. The first-order valence-corrected chi connectivity index (χ1v) is 12.4. The second-order valence-electron chi connectivity index (χ2n) is 8.24. The fourth-order valence-electron chi connectivity index (χ4n) is 4.35. The van der Waals surface area contributed by atoms with Crippen LogP contribution in [0.4, 0.5) is 5.69 Å². The first-order valence-electron chi connectivity index (χ1n) is 10.6. The molecule has 0 saturated carbocycles. The number of rotatable bonds is 6. The Kier molecular flexibility index (Phi) is 6.51. The van der Waals surface area contributed by atoms with Gasteiger partial charge in [0, 0.05) is 37.9 Å². The van der Waals surface area contributed by atoms with E-state index in [1.54, 1.807) is 0 Å². The van der Waals surface area contributed by atoms with Crippen LogP contribution in [0.2, 0.25) is 0 Å². The van der Waals surface area contributed by atoms with Crippen molar-refractivity contribution < 1.29 is 13.2 Å². The first-order chi connectivity index (χ1) is 14.5. The van der Waals surface area contributed by atoms with E-state index < -0.39 is 9.84 Å². The minimum atomic E-state index is -2.86. The predicted octanol–water partition coefficient (Wildman–Crippen LogP) is 2.02. The number of para-hydroxylation sites is 1. The molecule has 0 spiro atoms. The van der Waals surface area contributed by atoms with Crippen LogP contribution in [0.15, 0.2) is 54.6 Å². The summed E-state index contributed by atoms with van der Waals surface area (Å²) in [6.07, 6.45) is 1.52. The van der Waals surface area contributed by atoms with Gasteiger partial charge in [-0.1, -0.05) is 48.5 Å². The minimum absolute atomic E-state index is 0.00703. The summed E-state index contributed by atoms with van der Waals surface area (Å²) in [7, 11) is -2.86. The van der Waals surface area contributed by atoms with Gasteiger partial charge in [0.25, 0.3) is 0 Å². The number of hydrogen-bond acceptors (Lipinski definition) is 5. The van der Waals surface area contributed by atoms with E-state index in [2.05, 4.69) is 33.3 Å². The lowest BCUT2D eigenvalue weighted by Crippen LogP contribution is -2.52. The lowest BCUT2D eigenvalue weighted by Gasteiger charge is -2.37. The van der Waals surface area contributed by atoms with Gasteiger partial charge in [-0.2, -0.15) is 0 Å². The highest BCUT2D eigenvalue weighted by molar-refractivity contribution is 7.91. The Hall–Kier alpha value is -2.22. The molecule has 1 amide bonds. The number of carbonyl (C=O) groups is 1. The van der Waals surface area contributed by atoms with Crippen molar-refractivity contribution in [3.05, 3.63) is 65.7 Å². The highest BCUT2D eigenvalue weighted by atomic mass is 32.2. The van der Waals surface area contributed by atoms with E-state index in [1.807, 2.05) is 36.4 Å². The zero-order valence-corrected chi connectivity index (χ0v) is 18.0. The van der Waals surface area contributed by atoms with Crippen molar-refractivity contribution in [1.82, 2.24) is 9.80 Å². The Balaban J connectivity index is 1.29. The van der Waals surface area contributed by atoms with E-state index >= 15 is 0 Å². The molecule has 2 aliphatic rings. The maximum atomic E-state index is 12.7. The highest BCUT2D eigenvalue weighted by Gasteiger charge is 2.33. The minimum Gasteiger partial charge on any atom is -0.325 e. The van der Waals surface area contributed by atoms with Crippen LogP contribution in [-0.2, 0) is 21.1 Å². The van der Waals surface area contributed by atoms with Gasteiger partial charge in [-0.3, -0.25) is 14.6 Å². The summed E-state index contributed by atoms with van der Waals surface area (Å²) in [6.45, 7) is 3.57. The van der Waals surface area contributed by atoms with Crippen LogP contribution in [0.3, 0.4) is 0 Å². The van der Waals surface area contributed by atoms with Gasteiger partial charge >= 0.3 is 0 Å². The Labute approximate surface area is 178 Å². The van der Waals surface area contributed by atoms with E-state index in [9.17, 15) is 13.2 Å². The zero-order valence-electron chi connectivity index (χ0n) is 17.2. The van der Waals surface area contributed by atoms with Crippen molar-refractivity contribution in [3.63, 3.8) is 0 Å². The topological polar surface area (TPSA) is 69.7 Å². The van der Waals surface area contributed by atoms with Gasteiger partial charge < -0.3 is 5.32 Å². The largest absolute Gasteiger partial charge is 0.325 e. The molecule has 0 bridgehead atoms. The van der Waals surface area contributed by atoms with Gasteiger partial charge in [0.1, 0.15) is 0 Å². The van der Waals surface area contributed by atoms with Gasteiger partial charge in [-0.15, -0.1) is 0 Å². The molecule has 2 fully saturated rings. The molecular formula is C23H29N3O3S. The summed E-state index contributed by atoms with van der Waals surface area (Å²) in [6, 6.07) is 18.3. The summed E-state index contributed by atoms with van der Waals surface area (Å²) >= 11 is 0. The lowest BCUT2D eigenvalue weighted by molar-refractivity contribution is -0.117. The molecule has 1 N–H and O–H groups in total. The van der Waals surface area contributed by atoms with Crippen LogP contribution in [0.5, 0.6) is 0 Å². The Morgan fingerprint density at radius 2 is 1.67 bits per heavy atom. The van der Waals surface area contributed by atoms with Gasteiger partial charge in [0.05, 0.1) is 18.1 Å². The summed E-state index contributed by atoms with van der Waals surface area (Å²) in [4.78, 5) is 17.1. The van der Waals surface area contributed by atoms with Crippen LogP contribution in [-0.4, -0.2) is 74.4 Å². The SMILES string of the molecule is O=C(CN1CCN([C@H]2CCS(=O)(=O)C2)CC1)Nc1ccccc1Cc1ccccc1. The number of carbonyl (C=O) groups excluding carboxylic acids is 1. The third-order valence-electron chi connectivity index (χ3n) is 6.03. The molecule has 2 aromatic rings. The molecule has 160 valence electrons. The van der Waals surface area contributed by atoms with Crippen LogP contribution < -0.4 is 5.32 Å². The number of amides is 1. The van der Waals surface area contributed by atoms with Gasteiger partial charge in [-0.25, -0.2) is 8.42 Å². The van der Waals surface area contributed by atoms with E-state index in [1.165, 1.54) is 5.56 Å². The van der Waals surface area contributed by atoms with Crippen molar-refractivity contribution in [2.75, 3.05) is 49.5 Å². The maximum Gasteiger partial charge on any atom is 0.238 e. The molecule has 2 saturated heterocycles. The monoisotopic (exact) mass is 427 g/mol. The number of piperazine rings is 1. The molecule has 0 aromatic heterocycles. The molecule has 6 nitrogen and oxygen atoms in total. The molecule has 0 unspecified atom stereocenters. The second kappa shape index (κ2) is 9.29. The molecule has 2 aromatic carbocycles. The number of anilines is 1. The quantitative estimate of drug-likeness (QED) is 0.764. The van der Waals surface area contributed by atoms with Gasteiger partial charge in [0.15, 0.2) is 9.84 Å². The van der Waals surface area contributed by atoms with Crippen LogP contribution in [0, 0.1) is 0 Å². The number of benzene rings is 2. The van der Waals surface area contributed by atoms with Gasteiger partial charge in [-0.05, 0) is 30.0 Å². The van der Waals surface area contributed by atoms with Crippen molar-refractivity contribution in [2.45, 2.75) is 18.9 Å². The average Bonchev–Trinajstić information content (AvgIpc) is 3.10. The fraction of sp³-hybridized carbons (Fsp3) is 0.435. The third-order valence-corrected chi connectivity index (χ3v) is 7.78. The highest BCUT2D eigenvalue weighted by Crippen LogP contribution is 2.21. The molecular weight excluding hydrogens is 398 g/mol. The molecule has 0 aliphatic carbocycles. The van der Waals surface area contributed by atoms with E-state index in [4.69, 9.17) is 0 Å². The summed E-state index contributed by atoms with van der Waals surface area (Å²) in [5, 5.41) is 3.08. The summed E-state index contributed by atoms with van der Waals surface area (Å²) in [5.41, 5.74) is 3.18. The van der Waals surface area contributed by atoms with Crippen molar-refractivity contribution >= 4 is 21.4 Å². The molecule has 30 heavy (non-hydrogen) atoms. The normalized spacial score (nSPS) is 22.1.